The van der Waals surface area contributed by atoms with Gasteiger partial charge in [0, 0.05) is 25.3 Å². The number of esters is 1. The van der Waals surface area contributed by atoms with Crippen molar-refractivity contribution in [3.63, 3.8) is 0 Å². The Morgan fingerprint density at radius 2 is 1.18 bits per heavy atom. The van der Waals surface area contributed by atoms with Gasteiger partial charge in [0.25, 0.3) is 0 Å². The van der Waals surface area contributed by atoms with Crippen LogP contribution in [0, 0.1) is 29.6 Å². The number of nitrogens with zero attached hydrogens (tertiary/aromatic N) is 1. The van der Waals surface area contributed by atoms with Crippen molar-refractivity contribution in [3.05, 3.63) is 35.9 Å². The number of hydrogen-bond acceptors (Lipinski definition) is 16. The van der Waals surface area contributed by atoms with Crippen LogP contribution in [0.15, 0.2) is 35.3 Å². The number of rotatable bonds is 33. The lowest BCUT2D eigenvalue weighted by Gasteiger charge is -2.31. The van der Waals surface area contributed by atoms with Crippen LogP contribution in [0.1, 0.15) is 146 Å². The molecular formula is C60H99N13O14. The molecule has 0 bridgehead atoms. The van der Waals surface area contributed by atoms with Gasteiger partial charge in [-0.05, 0) is 82.7 Å². The number of hydrogen-bond donors (Lipinski definition) is 13. The van der Waals surface area contributed by atoms with Gasteiger partial charge in [0.1, 0.15) is 60.5 Å². The fourth-order valence-electron chi connectivity index (χ4n) is 9.32. The van der Waals surface area contributed by atoms with Crippen molar-refractivity contribution in [2.75, 3.05) is 20.2 Å². The Bertz CT molecular complexity index is 2530. The SMILES string of the molecule is CC[C@@H](C)[C@@H](NC(=O)[C@@H](CCC(N)=O)NC(=O)[C@H](C)NC(=O)[C@@H](NC(=O)[C@@H](Cc1ccccc1)NC)[C@@H](C)CC)C(=O)N[C@H](C(=O)N[C@@H](CO)C(=O)N[C@H]1C(=O)C[C@@H](C)C(=O)N[C@@H](CCCN=C(C)N)C(=O)N[C@@H]([C@@H](C)CC)C(=O)O[C@H]1C)[C@@H](C)CC. The van der Waals surface area contributed by atoms with Gasteiger partial charge in [-0.15, -0.1) is 0 Å². The molecule has 2 rings (SSSR count). The summed E-state index contributed by atoms with van der Waals surface area (Å²) in [7, 11) is 1.63. The average molecular weight is 1230 g/mol. The normalized spacial score (nSPS) is 21.5. The van der Waals surface area contributed by atoms with Crippen molar-refractivity contribution >= 4 is 76.7 Å². The monoisotopic (exact) mass is 1230 g/mol. The van der Waals surface area contributed by atoms with E-state index in [-0.39, 0.29) is 38.1 Å². The van der Waals surface area contributed by atoms with Crippen LogP contribution in [-0.2, 0) is 68.7 Å². The number of cyclic esters (lactones) is 1. The van der Waals surface area contributed by atoms with Crippen LogP contribution in [-0.4, -0.2) is 168 Å². The summed E-state index contributed by atoms with van der Waals surface area (Å²) in [5.74, 6) is -12.5. The molecule has 1 aromatic rings. The first-order valence-corrected chi connectivity index (χ1v) is 30.3. The fourth-order valence-corrected chi connectivity index (χ4v) is 9.32. The zero-order chi connectivity index (χ0) is 65.8. The third kappa shape index (κ3) is 24.6. The van der Waals surface area contributed by atoms with Gasteiger partial charge < -0.3 is 74.5 Å². The number of carbonyl (C=O) groups excluding carboxylic acids is 12. The smallest absolute Gasteiger partial charge is 0.329 e. The van der Waals surface area contributed by atoms with Crippen LogP contribution < -0.4 is 64.6 Å². The number of benzene rings is 1. The first kappa shape index (κ1) is 75.5. The molecule has 1 aliphatic heterocycles. The number of ether oxygens (including phenoxy) is 1. The molecule has 488 valence electrons. The molecule has 16 atom stereocenters. The molecule has 0 saturated carbocycles. The van der Waals surface area contributed by atoms with Crippen LogP contribution in [0.3, 0.4) is 0 Å². The van der Waals surface area contributed by atoms with Crippen molar-refractivity contribution in [1.82, 2.24) is 53.2 Å². The minimum Gasteiger partial charge on any atom is -0.458 e. The van der Waals surface area contributed by atoms with Crippen molar-refractivity contribution < 1.29 is 67.4 Å². The lowest BCUT2D eigenvalue weighted by Crippen LogP contribution is -2.62. The summed E-state index contributed by atoms with van der Waals surface area (Å²) in [5, 5.41) is 37.2. The Labute approximate surface area is 511 Å². The number of aliphatic imine (C=N–C) groups is 1. The highest BCUT2D eigenvalue weighted by molar-refractivity contribution is 5.99. The van der Waals surface area contributed by atoms with E-state index in [1.165, 1.54) is 20.8 Å². The highest BCUT2D eigenvalue weighted by Crippen LogP contribution is 2.19. The second kappa shape index (κ2) is 37.9. The Hall–Kier alpha value is -7.55. The number of aliphatic hydroxyl groups excluding tert-OH is 1. The van der Waals surface area contributed by atoms with E-state index in [2.05, 4.69) is 58.2 Å². The number of likely N-dealkylation sites (N-methyl/N-ethyl adjacent to an activating group) is 1. The number of aliphatic hydroxyl groups is 1. The molecule has 1 aliphatic rings. The summed E-state index contributed by atoms with van der Waals surface area (Å²) < 4.78 is 5.76. The molecule has 27 heteroatoms. The predicted octanol–water partition coefficient (Wildman–Crippen LogP) is -0.660. The molecule has 87 heavy (non-hydrogen) atoms. The second-order valence-electron chi connectivity index (χ2n) is 23.0. The lowest BCUT2D eigenvalue weighted by molar-refractivity contribution is -0.157. The number of carbonyl (C=O) groups is 12. The molecule has 0 radical (unpaired) electrons. The van der Waals surface area contributed by atoms with E-state index in [0.29, 0.717) is 37.9 Å². The van der Waals surface area contributed by atoms with Crippen molar-refractivity contribution in [2.45, 2.75) is 214 Å². The van der Waals surface area contributed by atoms with Crippen LogP contribution >= 0.6 is 0 Å². The highest BCUT2D eigenvalue weighted by Gasteiger charge is 2.41. The third-order valence-electron chi connectivity index (χ3n) is 16.0. The number of ketones is 1. The average Bonchev–Trinajstić information content (AvgIpc) is 3.76. The zero-order valence-corrected chi connectivity index (χ0v) is 53.0. The first-order chi connectivity index (χ1) is 41.0. The Balaban J connectivity index is 2.38. The van der Waals surface area contributed by atoms with Gasteiger partial charge in [-0.2, -0.15) is 0 Å². The van der Waals surface area contributed by atoms with E-state index < -0.39 is 174 Å². The van der Waals surface area contributed by atoms with Gasteiger partial charge in [0.15, 0.2) is 5.78 Å². The Kier molecular flexibility index (Phi) is 32.9. The van der Waals surface area contributed by atoms with Crippen LogP contribution in [0.5, 0.6) is 0 Å². The quantitative estimate of drug-likeness (QED) is 0.0180. The number of nitrogens with one attached hydrogen (secondary N) is 10. The molecule has 1 fully saturated rings. The van der Waals surface area contributed by atoms with Crippen LogP contribution in [0.2, 0.25) is 0 Å². The summed E-state index contributed by atoms with van der Waals surface area (Å²) in [4.78, 5) is 170. The summed E-state index contributed by atoms with van der Waals surface area (Å²) in [6, 6.07) is -3.81. The zero-order valence-electron chi connectivity index (χ0n) is 53.0. The Morgan fingerprint density at radius 3 is 1.69 bits per heavy atom. The number of amidine groups is 1. The van der Waals surface area contributed by atoms with E-state index in [1.807, 2.05) is 37.3 Å². The highest BCUT2D eigenvalue weighted by atomic mass is 16.5. The molecule has 10 amide bonds. The summed E-state index contributed by atoms with van der Waals surface area (Å²) in [6.45, 7) is 18.8. The Morgan fingerprint density at radius 1 is 0.667 bits per heavy atom. The topological polar surface area (TPSA) is 419 Å². The summed E-state index contributed by atoms with van der Waals surface area (Å²) in [6.07, 6.45) is -0.368. The summed E-state index contributed by atoms with van der Waals surface area (Å²) in [5.41, 5.74) is 12.0. The van der Waals surface area contributed by atoms with Crippen molar-refractivity contribution in [3.8, 4) is 0 Å². The minimum absolute atomic E-state index is 0.114. The number of amides is 10. The molecular weight excluding hydrogens is 1130 g/mol. The summed E-state index contributed by atoms with van der Waals surface area (Å²) >= 11 is 0. The van der Waals surface area contributed by atoms with Gasteiger partial charge in [0.2, 0.25) is 59.1 Å². The maximum atomic E-state index is 14.4. The van der Waals surface area contributed by atoms with Gasteiger partial charge in [-0.1, -0.05) is 118 Å². The van der Waals surface area contributed by atoms with Gasteiger partial charge >= 0.3 is 5.97 Å². The van der Waals surface area contributed by atoms with E-state index >= 15 is 0 Å². The molecule has 0 aliphatic carbocycles. The molecule has 27 nitrogen and oxygen atoms in total. The van der Waals surface area contributed by atoms with Crippen LogP contribution in [0.4, 0.5) is 0 Å². The fraction of sp³-hybridized carbons (Fsp3) is 0.683. The number of Topliss-reactive ketones (excluding diaryl/α,β-unsaturated/α-hetero) is 1. The standard InChI is InChI=1S/C60H99N13O14/c1-14-31(5)46(70-55(81)42(63-13)29-39-22-19-18-20-23-39)57(83)65-36(10)52(78)67-41(25-26-45(62)76)54(80)69-48(33(7)16-3)59(85)71-47(32(6)15-2)58(84)68-43(30-74)56(82)73-50-37(11)87-60(86)49(34(8)17-4)72-53(79)40(24-21-27-64-38(12)61)66-51(77)35(9)28-44(50)75/h18-20,22-23,31-37,40-43,46-50,63,74H,14-17,21,24-30H2,1-13H3,(H2,61,64)(H2,62,76)(H,65,83)(H,66,77)(H,67,78)(H,68,84)(H,69,80)(H,70,81)(H,71,85)(H,72,79)(H,73,82)/t31-,32-,33+,34-,35+,36-,37-,40-,41+,42+,43-,46-,47-,48+,49-,50+/m0/s1. The van der Waals surface area contributed by atoms with Gasteiger partial charge in [-0.3, -0.25) is 57.7 Å². The van der Waals surface area contributed by atoms with E-state index in [0.717, 1.165) is 5.56 Å². The number of nitrogens with two attached hydrogens (primary N) is 2. The van der Waals surface area contributed by atoms with Crippen molar-refractivity contribution in [1.29, 1.82) is 0 Å². The molecule has 0 spiro atoms. The second-order valence-corrected chi connectivity index (χ2v) is 23.0. The predicted molar refractivity (Wildman–Crippen MR) is 325 cm³/mol. The van der Waals surface area contributed by atoms with Crippen molar-refractivity contribution in [2.24, 2.45) is 46.0 Å². The molecule has 1 aromatic carbocycles. The maximum absolute atomic E-state index is 14.4. The lowest BCUT2D eigenvalue weighted by atomic mass is 9.94. The molecule has 1 saturated heterocycles. The molecule has 1 heterocycles. The van der Waals surface area contributed by atoms with Crippen LogP contribution in [0.25, 0.3) is 0 Å². The largest absolute Gasteiger partial charge is 0.458 e. The maximum Gasteiger partial charge on any atom is 0.329 e. The number of primary amides is 1. The first-order valence-electron chi connectivity index (χ1n) is 30.3. The molecule has 0 unspecified atom stereocenters. The van der Waals surface area contributed by atoms with Gasteiger partial charge in [-0.25, -0.2) is 4.79 Å². The molecule has 15 N–H and O–H groups in total. The van der Waals surface area contributed by atoms with E-state index in [4.69, 9.17) is 16.2 Å². The minimum atomic E-state index is -1.77. The van der Waals surface area contributed by atoms with E-state index in [1.54, 1.807) is 62.4 Å². The third-order valence-corrected chi connectivity index (χ3v) is 16.0. The molecule has 0 aromatic heterocycles. The van der Waals surface area contributed by atoms with E-state index in [9.17, 15) is 62.6 Å². The van der Waals surface area contributed by atoms with Gasteiger partial charge in [0.05, 0.1) is 18.5 Å².